The molecule has 8 heteroatoms. The second kappa shape index (κ2) is 8.98. The van der Waals surface area contributed by atoms with Crippen molar-refractivity contribution in [1.82, 2.24) is 9.80 Å². The lowest BCUT2D eigenvalue weighted by atomic mass is 10.1. The van der Waals surface area contributed by atoms with Crippen LogP contribution in [0.2, 0.25) is 0 Å². The third-order valence-electron chi connectivity index (χ3n) is 3.80. The van der Waals surface area contributed by atoms with E-state index in [4.69, 9.17) is 10.5 Å². The number of nitrogens with zero attached hydrogens (tertiary/aromatic N) is 2. The monoisotopic (exact) mass is 343 g/mol. The maximum Gasteiger partial charge on any atom is 0.335 e. The van der Waals surface area contributed by atoms with Crippen LogP contribution in [0.3, 0.4) is 0 Å². The van der Waals surface area contributed by atoms with Crippen molar-refractivity contribution in [3.8, 4) is 0 Å². The van der Waals surface area contributed by atoms with Gasteiger partial charge in [-0.15, -0.1) is 0 Å². The molecule has 138 valence electrons. The number of amides is 2. The van der Waals surface area contributed by atoms with Crippen molar-refractivity contribution in [2.24, 2.45) is 17.6 Å². The Morgan fingerprint density at radius 2 is 1.96 bits per heavy atom. The first-order chi connectivity index (χ1) is 11.1. The first-order valence-corrected chi connectivity index (χ1v) is 8.30. The molecule has 3 N–H and O–H groups in total. The minimum absolute atomic E-state index is 0.0841. The summed E-state index contributed by atoms with van der Waals surface area (Å²) in [5.74, 6) is -1.10. The largest absolute Gasteiger partial charge is 0.464 e. The van der Waals surface area contributed by atoms with Crippen LogP contribution in [0.25, 0.3) is 0 Å². The zero-order chi connectivity index (χ0) is 18.4. The molecular weight excluding hydrogens is 314 g/mol. The molecule has 0 spiro atoms. The zero-order valence-corrected chi connectivity index (χ0v) is 14.9. The summed E-state index contributed by atoms with van der Waals surface area (Å²) in [6.07, 6.45) is -1.33. The van der Waals surface area contributed by atoms with E-state index >= 15 is 0 Å². The van der Waals surface area contributed by atoms with Gasteiger partial charge in [-0.25, -0.2) is 4.79 Å². The van der Waals surface area contributed by atoms with E-state index < -0.39 is 18.0 Å². The molecule has 8 nitrogen and oxygen atoms in total. The van der Waals surface area contributed by atoms with Gasteiger partial charge in [0.2, 0.25) is 11.8 Å². The number of aliphatic hydroxyl groups excluding tert-OH is 1. The van der Waals surface area contributed by atoms with Gasteiger partial charge in [-0.1, -0.05) is 27.7 Å². The number of aliphatic hydroxyl groups is 1. The van der Waals surface area contributed by atoms with Gasteiger partial charge in [-0.3, -0.25) is 14.5 Å². The molecule has 0 bridgehead atoms. The SMILES string of the molecule is CC(C)COC(=O)C(O)CCN1CC(=O)N(CC(N)=O)C1C(C)C. The summed E-state index contributed by atoms with van der Waals surface area (Å²) in [5.41, 5.74) is 5.21. The summed E-state index contributed by atoms with van der Waals surface area (Å²) in [4.78, 5) is 38.3. The van der Waals surface area contributed by atoms with Gasteiger partial charge in [0.05, 0.1) is 19.3 Å². The number of ether oxygens (including phenoxy) is 1. The molecule has 0 saturated carbocycles. The van der Waals surface area contributed by atoms with E-state index in [1.165, 1.54) is 4.90 Å². The van der Waals surface area contributed by atoms with Gasteiger partial charge in [0, 0.05) is 6.54 Å². The Kier molecular flexibility index (Phi) is 7.62. The van der Waals surface area contributed by atoms with Gasteiger partial charge in [-0.2, -0.15) is 0 Å². The number of carbonyl (C=O) groups is 3. The summed E-state index contributed by atoms with van der Waals surface area (Å²) in [6.45, 7) is 8.34. The van der Waals surface area contributed by atoms with E-state index in [2.05, 4.69) is 0 Å². The molecule has 1 aliphatic rings. The van der Waals surface area contributed by atoms with E-state index in [0.29, 0.717) is 6.54 Å². The molecule has 1 aliphatic heterocycles. The number of primary amides is 1. The van der Waals surface area contributed by atoms with Crippen LogP contribution in [0.5, 0.6) is 0 Å². The molecule has 1 heterocycles. The molecule has 0 aromatic carbocycles. The molecular formula is C16H29N3O5. The minimum Gasteiger partial charge on any atom is -0.464 e. The van der Waals surface area contributed by atoms with Gasteiger partial charge >= 0.3 is 5.97 Å². The molecule has 1 rings (SSSR count). The highest BCUT2D eigenvalue weighted by molar-refractivity contribution is 5.86. The van der Waals surface area contributed by atoms with Crippen LogP contribution in [0, 0.1) is 11.8 Å². The van der Waals surface area contributed by atoms with Crippen molar-refractivity contribution >= 4 is 17.8 Å². The number of rotatable bonds is 9. The molecule has 0 aliphatic carbocycles. The third-order valence-corrected chi connectivity index (χ3v) is 3.80. The highest BCUT2D eigenvalue weighted by Gasteiger charge is 2.40. The Morgan fingerprint density at radius 1 is 1.33 bits per heavy atom. The average Bonchev–Trinajstić information content (AvgIpc) is 2.77. The number of nitrogens with two attached hydrogens (primary N) is 1. The summed E-state index contributed by atoms with van der Waals surface area (Å²) >= 11 is 0. The van der Waals surface area contributed by atoms with Crippen LogP contribution in [0.1, 0.15) is 34.1 Å². The Balaban J connectivity index is 2.61. The normalized spacial score (nSPS) is 20.0. The highest BCUT2D eigenvalue weighted by Crippen LogP contribution is 2.23. The predicted molar refractivity (Wildman–Crippen MR) is 87.5 cm³/mol. The molecule has 24 heavy (non-hydrogen) atoms. The van der Waals surface area contributed by atoms with Crippen LogP contribution >= 0.6 is 0 Å². The lowest BCUT2D eigenvalue weighted by Gasteiger charge is -2.32. The molecule has 2 unspecified atom stereocenters. The summed E-state index contributed by atoms with van der Waals surface area (Å²) in [6, 6.07) is 0. The highest BCUT2D eigenvalue weighted by atomic mass is 16.5. The third kappa shape index (κ3) is 5.76. The van der Waals surface area contributed by atoms with Crippen LogP contribution in [-0.4, -0.2) is 71.2 Å². The van der Waals surface area contributed by atoms with Gasteiger partial charge in [0.25, 0.3) is 0 Å². The second-order valence-corrected chi connectivity index (χ2v) is 6.94. The van der Waals surface area contributed by atoms with Crippen LogP contribution in [-0.2, 0) is 19.1 Å². The van der Waals surface area contributed by atoms with Gasteiger partial charge in [0.15, 0.2) is 6.10 Å². The zero-order valence-electron chi connectivity index (χ0n) is 14.9. The van der Waals surface area contributed by atoms with Crippen molar-refractivity contribution in [3.63, 3.8) is 0 Å². The smallest absolute Gasteiger partial charge is 0.335 e. The Labute approximate surface area is 142 Å². The van der Waals surface area contributed by atoms with E-state index in [1.807, 2.05) is 32.6 Å². The minimum atomic E-state index is -1.23. The van der Waals surface area contributed by atoms with E-state index in [9.17, 15) is 19.5 Å². The van der Waals surface area contributed by atoms with Crippen molar-refractivity contribution in [2.75, 3.05) is 26.2 Å². The Hall–Kier alpha value is -1.67. The molecule has 0 radical (unpaired) electrons. The Morgan fingerprint density at radius 3 is 2.46 bits per heavy atom. The van der Waals surface area contributed by atoms with Gasteiger partial charge in [-0.05, 0) is 18.3 Å². The molecule has 2 amide bonds. The second-order valence-electron chi connectivity index (χ2n) is 6.94. The number of carbonyl (C=O) groups excluding carboxylic acids is 3. The van der Waals surface area contributed by atoms with Crippen molar-refractivity contribution in [3.05, 3.63) is 0 Å². The molecule has 0 aromatic rings. The quantitative estimate of drug-likeness (QED) is 0.548. The van der Waals surface area contributed by atoms with E-state index in [0.717, 1.165) is 0 Å². The van der Waals surface area contributed by atoms with Crippen LogP contribution in [0.4, 0.5) is 0 Å². The topological polar surface area (TPSA) is 113 Å². The molecule has 1 fully saturated rings. The van der Waals surface area contributed by atoms with Crippen LogP contribution < -0.4 is 5.73 Å². The van der Waals surface area contributed by atoms with Gasteiger partial charge in [0.1, 0.15) is 6.54 Å². The number of hydrogen-bond acceptors (Lipinski definition) is 6. The summed E-state index contributed by atoms with van der Waals surface area (Å²) < 4.78 is 5.00. The van der Waals surface area contributed by atoms with Crippen molar-refractivity contribution in [2.45, 2.75) is 46.4 Å². The van der Waals surface area contributed by atoms with E-state index in [-0.39, 0.29) is 50.0 Å². The van der Waals surface area contributed by atoms with Crippen molar-refractivity contribution < 1.29 is 24.2 Å². The maximum absolute atomic E-state index is 12.1. The number of esters is 1. The van der Waals surface area contributed by atoms with Crippen LogP contribution in [0.15, 0.2) is 0 Å². The molecule has 0 aromatic heterocycles. The maximum atomic E-state index is 12.1. The molecule has 2 atom stereocenters. The molecule has 1 saturated heterocycles. The summed E-state index contributed by atoms with van der Waals surface area (Å²) in [5, 5.41) is 9.92. The fraction of sp³-hybridized carbons (Fsp3) is 0.812. The fourth-order valence-electron chi connectivity index (χ4n) is 2.80. The first-order valence-electron chi connectivity index (χ1n) is 8.30. The first kappa shape index (κ1) is 20.4. The average molecular weight is 343 g/mol. The predicted octanol–water partition coefficient (Wildman–Crippen LogP) is -0.452. The Bertz CT molecular complexity index is 467. The lowest BCUT2D eigenvalue weighted by Crippen LogP contribution is -2.47. The van der Waals surface area contributed by atoms with E-state index in [1.54, 1.807) is 0 Å². The van der Waals surface area contributed by atoms with Crippen molar-refractivity contribution in [1.29, 1.82) is 0 Å². The summed E-state index contributed by atoms with van der Waals surface area (Å²) in [7, 11) is 0. The number of hydrogen-bond donors (Lipinski definition) is 2. The van der Waals surface area contributed by atoms with Gasteiger partial charge < -0.3 is 20.5 Å². The lowest BCUT2D eigenvalue weighted by molar-refractivity contribution is -0.155. The fourth-order valence-corrected chi connectivity index (χ4v) is 2.80. The standard InChI is InChI=1S/C16H29N3O5/c1-10(2)9-24-16(23)12(20)5-6-18-8-14(22)19(7-13(17)21)15(18)11(3)4/h10-12,15,20H,5-9H2,1-4H3,(H2,17,21).